The van der Waals surface area contributed by atoms with E-state index >= 15 is 0 Å². The number of anilines is 1. The first-order chi connectivity index (χ1) is 11.9. The Morgan fingerprint density at radius 2 is 1.96 bits per heavy atom. The molecule has 1 N–H and O–H groups in total. The Hall–Kier alpha value is -2.73. The molecule has 6 heteroatoms. The predicted octanol–water partition coefficient (Wildman–Crippen LogP) is 4.12. The summed E-state index contributed by atoms with van der Waals surface area (Å²) in [5.41, 5.74) is 6.53. The van der Waals surface area contributed by atoms with Crippen LogP contribution in [0.2, 0.25) is 0 Å². The fourth-order valence-corrected chi connectivity index (χ4v) is 3.58. The fraction of sp³-hybridized carbons (Fsp3) is 0.211. The number of benzene rings is 1. The molecule has 0 aliphatic heterocycles. The van der Waals surface area contributed by atoms with Crippen LogP contribution in [0.4, 0.5) is 5.13 Å². The van der Waals surface area contributed by atoms with Crippen LogP contribution in [-0.2, 0) is 11.8 Å². The molecule has 128 valence electrons. The molecule has 25 heavy (non-hydrogen) atoms. The number of thiazole rings is 1. The number of nitrogens with one attached hydrogen (secondary N) is 1. The van der Waals surface area contributed by atoms with Crippen molar-refractivity contribution in [1.29, 1.82) is 0 Å². The summed E-state index contributed by atoms with van der Waals surface area (Å²) in [6, 6.07) is 4.30. The molecule has 0 saturated carbocycles. The number of amides is 1. The van der Waals surface area contributed by atoms with E-state index in [-0.39, 0.29) is 5.91 Å². The van der Waals surface area contributed by atoms with E-state index in [1.165, 1.54) is 34.1 Å². The highest BCUT2D eigenvalue weighted by molar-refractivity contribution is 7.14. The average Bonchev–Trinajstić information content (AvgIpc) is 3.13. The number of rotatable bonds is 4. The van der Waals surface area contributed by atoms with Crippen LogP contribution in [0.15, 0.2) is 36.0 Å². The molecule has 5 nitrogen and oxygen atoms in total. The van der Waals surface area contributed by atoms with E-state index in [1.54, 1.807) is 17.0 Å². The Balaban J connectivity index is 1.74. The van der Waals surface area contributed by atoms with E-state index < -0.39 is 0 Å². The van der Waals surface area contributed by atoms with Crippen LogP contribution in [-0.4, -0.2) is 20.7 Å². The molecule has 0 radical (unpaired) electrons. The van der Waals surface area contributed by atoms with Gasteiger partial charge in [-0.05, 0) is 38.0 Å². The third-order valence-corrected chi connectivity index (χ3v) is 4.58. The summed E-state index contributed by atoms with van der Waals surface area (Å²) in [6.45, 7) is 6.26. The van der Waals surface area contributed by atoms with Gasteiger partial charge in [0.2, 0.25) is 5.91 Å². The van der Waals surface area contributed by atoms with Crippen molar-refractivity contribution in [3.05, 3.63) is 58.2 Å². The maximum atomic E-state index is 12.1. The number of carbonyl (C=O) groups is 1. The lowest BCUT2D eigenvalue weighted by atomic mass is 9.98. The maximum absolute atomic E-state index is 12.1. The Kier molecular flexibility index (Phi) is 4.81. The zero-order valence-corrected chi connectivity index (χ0v) is 15.5. The minimum Gasteiger partial charge on any atom is -0.298 e. The second-order valence-corrected chi connectivity index (χ2v) is 6.94. The molecule has 0 aliphatic carbocycles. The molecular formula is C19H20N4OS. The second-order valence-electron chi connectivity index (χ2n) is 6.08. The summed E-state index contributed by atoms with van der Waals surface area (Å²) in [5, 5.41) is 9.45. The second kappa shape index (κ2) is 7.03. The van der Waals surface area contributed by atoms with Crippen LogP contribution >= 0.6 is 11.3 Å². The molecule has 3 aromatic rings. The first-order valence-electron chi connectivity index (χ1n) is 7.94. The normalized spacial score (nSPS) is 11.2. The summed E-state index contributed by atoms with van der Waals surface area (Å²) >= 11 is 1.43. The van der Waals surface area contributed by atoms with Crippen molar-refractivity contribution in [2.75, 3.05) is 5.32 Å². The van der Waals surface area contributed by atoms with Crippen LogP contribution < -0.4 is 5.32 Å². The van der Waals surface area contributed by atoms with Gasteiger partial charge in [0, 0.05) is 35.8 Å². The van der Waals surface area contributed by atoms with Gasteiger partial charge in [-0.2, -0.15) is 5.10 Å². The molecule has 0 fully saturated rings. The van der Waals surface area contributed by atoms with Gasteiger partial charge in [-0.1, -0.05) is 17.7 Å². The van der Waals surface area contributed by atoms with Gasteiger partial charge in [0.05, 0.1) is 11.9 Å². The van der Waals surface area contributed by atoms with Gasteiger partial charge in [0.1, 0.15) is 0 Å². The number of aromatic nitrogens is 3. The minimum atomic E-state index is -0.206. The van der Waals surface area contributed by atoms with Gasteiger partial charge in [-0.25, -0.2) is 4.98 Å². The van der Waals surface area contributed by atoms with Crippen molar-refractivity contribution in [3.63, 3.8) is 0 Å². The third kappa shape index (κ3) is 4.03. The van der Waals surface area contributed by atoms with Crippen molar-refractivity contribution in [1.82, 2.24) is 14.8 Å². The van der Waals surface area contributed by atoms with E-state index in [9.17, 15) is 4.79 Å². The number of carbonyl (C=O) groups excluding carboxylic acids is 1. The first kappa shape index (κ1) is 17.1. The summed E-state index contributed by atoms with van der Waals surface area (Å²) in [5.74, 6) is -0.206. The lowest BCUT2D eigenvalue weighted by molar-refractivity contribution is -0.111. The maximum Gasteiger partial charge on any atom is 0.250 e. The van der Waals surface area contributed by atoms with Crippen LogP contribution in [0.3, 0.4) is 0 Å². The van der Waals surface area contributed by atoms with Crippen LogP contribution in [0.25, 0.3) is 17.3 Å². The topological polar surface area (TPSA) is 59.8 Å². The van der Waals surface area contributed by atoms with Gasteiger partial charge in [-0.3, -0.25) is 14.8 Å². The van der Waals surface area contributed by atoms with Gasteiger partial charge < -0.3 is 0 Å². The molecule has 0 saturated heterocycles. The van der Waals surface area contributed by atoms with Crippen molar-refractivity contribution >= 4 is 28.5 Å². The molecule has 2 heterocycles. The molecule has 0 unspecified atom stereocenters. The number of hydrogen-bond donors (Lipinski definition) is 1. The highest BCUT2D eigenvalue weighted by Crippen LogP contribution is 2.31. The Morgan fingerprint density at radius 1 is 1.24 bits per heavy atom. The minimum absolute atomic E-state index is 0.206. The van der Waals surface area contributed by atoms with Crippen molar-refractivity contribution in [3.8, 4) is 11.3 Å². The SMILES string of the molecule is Cc1cc(C)c(-c2csc(NC(=O)/C=C/c3cnn(C)c3)n2)c(C)c1. The zero-order valence-electron chi connectivity index (χ0n) is 14.7. The van der Waals surface area contributed by atoms with Crippen molar-refractivity contribution in [2.45, 2.75) is 20.8 Å². The molecule has 2 aromatic heterocycles. The van der Waals surface area contributed by atoms with Crippen LogP contribution in [0.1, 0.15) is 22.3 Å². The van der Waals surface area contributed by atoms with Crippen LogP contribution in [0, 0.1) is 20.8 Å². The third-order valence-electron chi connectivity index (χ3n) is 3.82. The number of nitrogens with zero attached hydrogens (tertiary/aromatic N) is 3. The predicted molar refractivity (Wildman–Crippen MR) is 103 cm³/mol. The standard InChI is InChI=1S/C19H20N4OS/c1-12-7-13(2)18(14(3)8-12)16-11-25-19(21-16)22-17(24)6-5-15-9-20-23(4)10-15/h5-11H,1-4H3,(H,21,22,24)/b6-5+. The van der Waals surface area contributed by atoms with Gasteiger partial charge >= 0.3 is 0 Å². The molecule has 0 atom stereocenters. The molecular weight excluding hydrogens is 332 g/mol. The van der Waals surface area contributed by atoms with Crippen molar-refractivity contribution in [2.24, 2.45) is 7.05 Å². The largest absolute Gasteiger partial charge is 0.298 e. The summed E-state index contributed by atoms with van der Waals surface area (Å²) in [7, 11) is 1.84. The Labute approximate surface area is 151 Å². The average molecular weight is 352 g/mol. The van der Waals surface area contributed by atoms with E-state index in [0.29, 0.717) is 5.13 Å². The van der Waals surface area contributed by atoms with Gasteiger partial charge in [0.15, 0.2) is 5.13 Å². The number of aryl methyl sites for hydroxylation is 4. The van der Waals surface area contributed by atoms with E-state index in [2.05, 4.69) is 48.3 Å². The van der Waals surface area contributed by atoms with Crippen LogP contribution in [0.5, 0.6) is 0 Å². The highest BCUT2D eigenvalue weighted by atomic mass is 32.1. The zero-order chi connectivity index (χ0) is 18.0. The summed E-state index contributed by atoms with van der Waals surface area (Å²) in [4.78, 5) is 16.6. The van der Waals surface area contributed by atoms with E-state index in [0.717, 1.165) is 16.8 Å². The Morgan fingerprint density at radius 3 is 2.60 bits per heavy atom. The first-order valence-corrected chi connectivity index (χ1v) is 8.82. The van der Waals surface area contributed by atoms with E-state index in [4.69, 9.17) is 0 Å². The van der Waals surface area contributed by atoms with Gasteiger partial charge in [0.25, 0.3) is 0 Å². The molecule has 0 bridgehead atoms. The van der Waals surface area contributed by atoms with Gasteiger partial charge in [-0.15, -0.1) is 11.3 Å². The monoisotopic (exact) mass is 352 g/mol. The molecule has 1 amide bonds. The number of hydrogen-bond acceptors (Lipinski definition) is 4. The lowest BCUT2D eigenvalue weighted by Crippen LogP contribution is -2.07. The quantitative estimate of drug-likeness (QED) is 0.719. The molecule has 0 spiro atoms. The highest BCUT2D eigenvalue weighted by Gasteiger charge is 2.11. The summed E-state index contributed by atoms with van der Waals surface area (Å²) in [6.07, 6.45) is 6.76. The fourth-order valence-electron chi connectivity index (χ4n) is 2.88. The molecule has 3 rings (SSSR count). The lowest BCUT2D eigenvalue weighted by Gasteiger charge is -2.08. The van der Waals surface area contributed by atoms with E-state index in [1.807, 2.05) is 18.6 Å². The summed E-state index contributed by atoms with van der Waals surface area (Å²) < 4.78 is 1.69. The molecule has 1 aromatic carbocycles. The Bertz CT molecular complexity index is 929. The van der Waals surface area contributed by atoms with Crippen molar-refractivity contribution < 1.29 is 4.79 Å². The molecule has 0 aliphatic rings. The smallest absolute Gasteiger partial charge is 0.250 e.